The van der Waals surface area contributed by atoms with Gasteiger partial charge in [0, 0.05) is 18.3 Å². The van der Waals surface area contributed by atoms with Crippen molar-refractivity contribution in [3.05, 3.63) is 60.2 Å². The van der Waals surface area contributed by atoms with Crippen molar-refractivity contribution < 1.29 is 9.53 Å². The van der Waals surface area contributed by atoms with E-state index < -0.39 is 11.7 Å². The minimum Gasteiger partial charge on any atom is -0.443 e. The van der Waals surface area contributed by atoms with Gasteiger partial charge in [0.2, 0.25) is 0 Å². The maximum Gasteiger partial charge on any atom is 0.414 e. The fourth-order valence-electron chi connectivity index (χ4n) is 2.14. The van der Waals surface area contributed by atoms with Crippen molar-refractivity contribution in [3.63, 3.8) is 0 Å². The SMILES string of the molecule is CC(C)(C)OC(=O)N(CCc1ccccc1)c1[c]ccc(N)c1. The molecule has 4 heteroatoms. The summed E-state index contributed by atoms with van der Waals surface area (Å²) in [5, 5.41) is 0. The maximum atomic E-state index is 12.5. The van der Waals surface area contributed by atoms with Crippen molar-refractivity contribution >= 4 is 17.5 Å². The molecule has 0 aromatic heterocycles. The molecule has 2 N–H and O–H groups in total. The number of ether oxygens (including phenoxy) is 1. The number of carbonyl (C=O) groups is 1. The van der Waals surface area contributed by atoms with E-state index in [1.54, 1.807) is 23.1 Å². The average molecular weight is 311 g/mol. The summed E-state index contributed by atoms with van der Waals surface area (Å²) in [5.74, 6) is 0. The summed E-state index contributed by atoms with van der Waals surface area (Å²) >= 11 is 0. The standard InChI is InChI=1S/C19H23N2O2/c1-19(2,3)23-18(22)21(17-11-7-10-16(20)14-17)13-12-15-8-5-4-6-9-15/h4-10,14H,12-13,20H2,1-3H3. The van der Waals surface area contributed by atoms with Crippen LogP contribution in [0.25, 0.3) is 0 Å². The summed E-state index contributed by atoms with van der Waals surface area (Å²) in [4.78, 5) is 14.1. The Labute approximate surface area is 137 Å². The molecule has 0 aliphatic rings. The molecule has 0 fully saturated rings. The zero-order valence-corrected chi connectivity index (χ0v) is 13.9. The number of anilines is 2. The topological polar surface area (TPSA) is 55.6 Å². The Hall–Kier alpha value is -2.49. The van der Waals surface area contributed by atoms with Crippen molar-refractivity contribution in [1.82, 2.24) is 0 Å². The fourth-order valence-corrected chi connectivity index (χ4v) is 2.14. The number of hydrogen-bond acceptors (Lipinski definition) is 3. The van der Waals surface area contributed by atoms with E-state index in [9.17, 15) is 4.79 Å². The molecule has 0 aliphatic carbocycles. The van der Waals surface area contributed by atoms with Crippen molar-refractivity contribution in [2.75, 3.05) is 17.2 Å². The Morgan fingerprint density at radius 1 is 1.22 bits per heavy atom. The van der Waals surface area contributed by atoms with Gasteiger partial charge in [0.1, 0.15) is 5.60 Å². The molecular weight excluding hydrogens is 288 g/mol. The fraction of sp³-hybridized carbons (Fsp3) is 0.316. The zero-order valence-electron chi connectivity index (χ0n) is 13.9. The van der Waals surface area contributed by atoms with Crippen LogP contribution in [0.5, 0.6) is 0 Å². The van der Waals surface area contributed by atoms with E-state index in [0.717, 1.165) is 12.0 Å². The second kappa shape index (κ2) is 7.18. The van der Waals surface area contributed by atoms with Gasteiger partial charge in [-0.1, -0.05) is 36.4 Å². The predicted octanol–water partition coefficient (Wildman–Crippen LogP) is 4.05. The minimum absolute atomic E-state index is 0.393. The third-order valence-electron chi connectivity index (χ3n) is 3.18. The van der Waals surface area contributed by atoms with E-state index in [-0.39, 0.29) is 0 Å². The smallest absolute Gasteiger partial charge is 0.414 e. The van der Waals surface area contributed by atoms with Crippen LogP contribution in [0, 0.1) is 6.07 Å². The Balaban J connectivity index is 2.19. The third kappa shape index (κ3) is 5.33. The van der Waals surface area contributed by atoms with Crippen LogP contribution in [0.15, 0.2) is 48.5 Å². The van der Waals surface area contributed by atoms with E-state index in [2.05, 4.69) is 6.07 Å². The van der Waals surface area contributed by atoms with E-state index in [4.69, 9.17) is 10.5 Å². The van der Waals surface area contributed by atoms with Crippen molar-refractivity contribution in [2.24, 2.45) is 0 Å². The summed E-state index contributed by atoms with van der Waals surface area (Å²) in [5.41, 5.74) is 7.65. The lowest BCUT2D eigenvalue weighted by molar-refractivity contribution is 0.0581. The number of rotatable bonds is 4. The molecule has 121 valence electrons. The number of benzene rings is 2. The minimum atomic E-state index is -0.553. The molecule has 0 atom stereocenters. The molecule has 0 unspecified atom stereocenters. The van der Waals surface area contributed by atoms with Gasteiger partial charge in [0.25, 0.3) is 0 Å². The molecule has 2 rings (SSSR count). The Kier molecular flexibility index (Phi) is 5.27. The van der Waals surface area contributed by atoms with Crippen LogP contribution in [0.2, 0.25) is 0 Å². The lowest BCUT2D eigenvalue weighted by Gasteiger charge is -2.27. The Morgan fingerprint density at radius 2 is 1.91 bits per heavy atom. The molecular formula is C19H23N2O2. The molecule has 2 aromatic rings. The lowest BCUT2D eigenvalue weighted by atomic mass is 10.1. The molecule has 1 amide bonds. The summed E-state index contributed by atoms with van der Waals surface area (Å²) in [7, 11) is 0. The highest BCUT2D eigenvalue weighted by molar-refractivity contribution is 5.88. The van der Waals surface area contributed by atoms with E-state index in [1.807, 2.05) is 51.1 Å². The number of nitrogens with zero attached hydrogens (tertiary/aromatic N) is 1. The molecule has 1 radical (unpaired) electrons. The summed E-state index contributed by atoms with van der Waals surface area (Å²) in [6, 6.07) is 18.3. The molecule has 0 heterocycles. The van der Waals surface area contributed by atoms with E-state index >= 15 is 0 Å². The quantitative estimate of drug-likeness (QED) is 0.867. The van der Waals surface area contributed by atoms with Crippen LogP contribution in [-0.2, 0) is 11.2 Å². The normalized spacial score (nSPS) is 11.1. The number of nitrogens with two attached hydrogens (primary N) is 1. The molecule has 0 aliphatic heterocycles. The Morgan fingerprint density at radius 3 is 2.52 bits per heavy atom. The number of nitrogen functional groups attached to an aromatic ring is 1. The van der Waals surface area contributed by atoms with Gasteiger partial charge in [-0.2, -0.15) is 0 Å². The molecule has 4 nitrogen and oxygen atoms in total. The molecule has 0 saturated carbocycles. The first-order valence-corrected chi connectivity index (χ1v) is 7.67. The molecule has 0 saturated heterocycles. The van der Waals surface area contributed by atoms with Gasteiger partial charge < -0.3 is 10.5 Å². The summed E-state index contributed by atoms with van der Waals surface area (Å²) in [6.45, 7) is 6.05. The highest BCUT2D eigenvalue weighted by Gasteiger charge is 2.23. The van der Waals surface area contributed by atoms with E-state index in [1.165, 1.54) is 0 Å². The van der Waals surface area contributed by atoms with Gasteiger partial charge in [-0.3, -0.25) is 4.90 Å². The number of amides is 1. The van der Waals surface area contributed by atoms with Crippen LogP contribution in [0.1, 0.15) is 26.3 Å². The van der Waals surface area contributed by atoms with Gasteiger partial charge >= 0.3 is 6.09 Å². The summed E-state index contributed by atoms with van der Waals surface area (Å²) < 4.78 is 5.51. The van der Waals surface area contributed by atoms with Gasteiger partial charge in [-0.05, 0) is 44.9 Å². The monoisotopic (exact) mass is 311 g/mol. The molecule has 2 aromatic carbocycles. The summed E-state index contributed by atoms with van der Waals surface area (Å²) in [6.07, 6.45) is 0.332. The van der Waals surface area contributed by atoms with Crippen LogP contribution in [-0.4, -0.2) is 18.2 Å². The van der Waals surface area contributed by atoms with Crippen LogP contribution < -0.4 is 10.6 Å². The van der Waals surface area contributed by atoms with Crippen LogP contribution in [0.4, 0.5) is 16.2 Å². The molecule has 0 bridgehead atoms. The molecule has 23 heavy (non-hydrogen) atoms. The van der Waals surface area contributed by atoms with Crippen molar-refractivity contribution in [3.8, 4) is 0 Å². The molecule has 0 spiro atoms. The lowest BCUT2D eigenvalue weighted by Crippen LogP contribution is -2.38. The Bertz CT molecular complexity index is 648. The van der Waals surface area contributed by atoms with Gasteiger partial charge in [-0.25, -0.2) is 4.79 Å². The van der Waals surface area contributed by atoms with Gasteiger partial charge in [-0.15, -0.1) is 0 Å². The van der Waals surface area contributed by atoms with Gasteiger partial charge in [0.15, 0.2) is 0 Å². The largest absolute Gasteiger partial charge is 0.443 e. The van der Waals surface area contributed by atoms with Crippen molar-refractivity contribution in [2.45, 2.75) is 32.8 Å². The van der Waals surface area contributed by atoms with E-state index in [0.29, 0.717) is 17.9 Å². The first kappa shape index (κ1) is 16.9. The third-order valence-corrected chi connectivity index (χ3v) is 3.18. The second-order valence-electron chi connectivity index (χ2n) is 6.37. The maximum absolute atomic E-state index is 12.5. The number of hydrogen-bond donors (Lipinski definition) is 1. The van der Waals surface area contributed by atoms with Crippen LogP contribution in [0.3, 0.4) is 0 Å². The van der Waals surface area contributed by atoms with Crippen molar-refractivity contribution in [1.29, 1.82) is 0 Å². The number of carbonyl (C=O) groups excluding carboxylic acids is 1. The second-order valence-corrected chi connectivity index (χ2v) is 6.37. The average Bonchev–Trinajstić information content (AvgIpc) is 2.47. The highest BCUT2D eigenvalue weighted by atomic mass is 16.6. The van der Waals surface area contributed by atoms with Crippen LogP contribution >= 0.6 is 0 Å². The zero-order chi connectivity index (χ0) is 16.9. The van der Waals surface area contributed by atoms with Gasteiger partial charge in [0.05, 0.1) is 5.69 Å². The predicted molar refractivity (Wildman–Crippen MR) is 93.4 cm³/mol. The highest BCUT2D eigenvalue weighted by Crippen LogP contribution is 2.20. The first-order chi connectivity index (χ1) is 10.8. The first-order valence-electron chi connectivity index (χ1n) is 7.67.